The average Bonchev–Trinajstić information content (AvgIpc) is 2.45. The van der Waals surface area contributed by atoms with Gasteiger partial charge in [-0.25, -0.2) is 4.79 Å². The van der Waals surface area contributed by atoms with Gasteiger partial charge in [0.1, 0.15) is 0 Å². The molecule has 1 aliphatic carbocycles. The molecule has 114 valence electrons. The highest BCUT2D eigenvalue weighted by atomic mass is 16.4. The van der Waals surface area contributed by atoms with E-state index < -0.39 is 11.9 Å². The zero-order valence-corrected chi connectivity index (χ0v) is 12.1. The quantitative estimate of drug-likeness (QED) is 0.789. The number of hydrogen-bond donors (Lipinski definition) is 3. The molecule has 6 heteroatoms. The minimum absolute atomic E-state index is 0.290. The number of nitrogens with one attached hydrogen (secondary N) is 2. The molecular weight excluding hydrogens is 270 g/mol. The van der Waals surface area contributed by atoms with Crippen molar-refractivity contribution >= 4 is 12.0 Å². The second-order valence-corrected chi connectivity index (χ2v) is 5.43. The van der Waals surface area contributed by atoms with Gasteiger partial charge in [0.15, 0.2) is 0 Å². The number of pyridine rings is 1. The summed E-state index contributed by atoms with van der Waals surface area (Å²) in [6, 6.07) is 4.99. The van der Waals surface area contributed by atoms with Gasteiger partial charge in [-0.3, -0.25) is 9.78 Å². The predicted molar refractivity (Wildman–Crippen MR) is 77.7 cm³/mol. The van der Waals surface area contributed by atoms with E-state index in [1.165, 1.54) is 0 Å². The summed E-state index contributed by atoms with van der Waals surface area (Å²) in [6.45, 7) is 2.22. The number of carbonyl (C=O) groups is 2. The van der Waals surface area contributed by atoms with E-state index in [-0.39, 0.29) is 12.1 Å². The molecule has 3 N–H and O–H groups in total. The first-order valence-corrected chi connectivity index (χ1v) is 7.26. The molecule has 6 nitrogen and oxygen atoms in total. The number of carbonyl (C=O) groups excluding carboxylic acids is 1. The van der Waals surface area contributed by atoms with Gasteiger partial charge in [-0.1, -0.05) is 18.9 Å². The molecule has 1 heterocycles. The zero-order chi connectivity index (χ0) is 15.2. The molecule has 1 saturated carbocycles. The normalized spacial score (nSPS) is 21.6. The van der Waals surface area contributed by atoms with Crippen molar-refractivity contribution in [3.8, 4) is 0 Å². The molecule has 0 bridgehead atoms. The summed E-state index contributed by atoms with van der Waals surface area (Å²) in [6.07, 6.45) is 3.20. The smallest absolute Gasteiger partial charge is 0.315 e. The maximum Gasteiger partial charge on any atom is 0.315 e. The fourth-order valence-corrected chi connectivity index (χ4v) is 2.69. The third-order valence-electron chi connectivity index (χ3n) is 3.78. The summed E-state index contributed by atoms with van der Waals surface area (Å²) in [5.41, 5.74) is 1.68. The molecule has 2 atom stereocenters. The summed E-state index contributed by atoms with van der Waals surface area (Å²) < 4.78 is 0. The van der Waals surface area contributed by atoms with Crippen LogP contribution >= 0.6 is 0 Å². The zero-order valence-electron chi connectivity index (χ0n) is 12.1. The van der Waals surface area contributed by atoms with E-state index in [2.05, 4.69) is 15.6 Å². The van der Waals surface area contributed by atoms with Crippen molar-refractivity contribution in [2.24, 2.45) is 5.92 Å². The van der Waals surface area contributed by atoms with Crippen LogP contribution in [0.2, 0.25) is 0 Å². The van der Waals surface area contributed by atoms with Crippen molar-refractivity contribution in [3.63, 3.8) is 0 Å². The van der Waals surface area contributed by atoms with Crippen LogP contribution in [0.25, 0.3) is 0 Å². The van der Waals surface area contributed by atoms with Crippen molar-refractivity contribution in [2.75, 3.05) is 0 Å². The van der Waals surface area contributed by atoms with Crippen molar-refractivity contribution in [1.82, 2.24) is 15.6 Å². The van der Waals surface area contributed by atoms with Gasteiger partial charge >= 0.3 is 12.0 Å². The second-order valence-electron chi connectivity index (χ2n) is 5.43. The summed E-state index contributed by atoms with van der Waals surface area (Å²) in [7, 11) is 0. The van der Waals surface area contributed by atoms with Crippen molar-refractivity contribution in [2.45, 2.75) is 45.2 Å². The van der Waals surface area contributed by atoms with Crippen LogP contribution in [0.3, 0.4) is 0 Å². The summed E-state index contributed by atoms with van der Waals surface area (Å²) in [4.78, 5) is 27.4. The Kier molecular flexibility index (Phi) is 5.14. The Balaban J connectivity index is 1.84. The number of carboxylic acids is 1. The molecule has 1 aromatic heterocycles. The number of rotatable bonds is 4. The molecule has 1 aliphatic rings. The topological polar surface area (TPSA) is 91.3 Å². The Morgan fingerprint density at radius 1 is 1.33 bits per heavy atom. The van der Waals surface area contributed by atoms with Crippen molar-refractivity contribution in [3.05, 3.63) is 29.6 Å². The summed E-state index contributed by atoms with van der Waals surface area (Å²) in [5, 5.41) is 14.7. The number of urea groups is 1. The lowest BCUT2D eigenvalue weighted by molar-refractivity contribution is -0.143. The molecule has 2 unspecified atom stereocenters. The van der Waals surface area contributed by atoms with E-state index in [0.29, 0.717) is 19.4 Å². The van der Waals surface area contributed by atoms with Crippen LogP contribution in [0.1, 0.15) is 37.1 Å². The van der Waals surface area contributed by atoms with Crippen LogP contribution in [0.15, 0.2) is 18.2 Å². The summed E-state index contributed by atoms with van der Waals surface area (Å²) >= 11 is 0. The molecule has 2 amide bonds. The highest BCUT2D eigenvalue weighted by Crippen LogP contribution is 2.24. The molecule has 0 spiro atoms. The number of hydrogen-bond acceptors (Lipinski definition) is 3. The molecule has 21 heavy (non-hydrogen) atoms. The minimum atomic E-state index is -0.833. The van der Waals surface area contributed by atoms with Crippen LogP contribution in [-0.4, -0.2) is 28.1 Å². The number of aliphatic carboxylic acids is 1. The van der Waals surface area contributed by atoms with Crippen LogP contribution in [0.5, 0.6) is 0 Å². The lowest BCUT2D eigenvalue weighted by atomic mass is 9.84. The molecule has 1 aromatic rings. The van der Waals surface area contributed by atoms with E-state index in [0.717, 1.165) is 24.2 Å². The lowest BCUT2D eigenvalue weighted by Crippen LogP contribution is -2.48. The highest BCUT2D eigenvalue weighted by Gasteiger charge is 2.31. The third-order valence-corrected chi connectivity index (χ3v) is 3.78. The second kappa shape index (κ2) is 7.06. The van der Waals surface area contributed by atoms with Gasteiger partial charge in [0.2, 0.25) is 0 Å². The van der Waals surface area contributed by atoms with Crippen molar-refractivity contribution < 1.29 is 14.7 Å². The van der Waals surface area contributed by atoms with Gasteiger partial charge in [-0.2, -0.15) is 0 Å². The number of carboxylic acid groups (broad SMARTS) is 1. The van der Waals surface area contributed by atoms with Crippen LogP contribution < -0.4 is 10.6 Å². The summed E-state index contributed by atoms with van der Waals surface area (Å²) in [5.74, 6) is -1.32. The first-order chi connectivity index (χ1) is 10.1. The molecule has 0 aromatic carbocycles. The first kappa shape index (κ1) is 15.3. The number of aryl methyl sites for hydroxylation is 1. The first-order valence-electron chi connectivity index (χ1n) is 7.26. The Morgan fingerprint density at radius 2 is 2.10 bits per heavy atom. The molecular formula is C15H21N3O3. The van der Waals surface area contributed by atoms with Gasteiger partial charge in [-0.15, -0.1) is 0 Å². The Morgan fingerprint density at radius 3 is 2.81 bits per heavy atom. The van der Waals surface area contributed by atoms with E-state index in [1.54, 1.807) is 0 Å². The largest absolute Gasteiger partial charge is 0.481 e. The van der Waals surface area contributed by atoms with E-state index >= 15 is 0 Å². The maximum atomic E-state index is 11.9. The van der Waals surface area contributed by atoms with Gasteiger partial charge in [-0.05, 0) is 31.9 Å². The van der Waals surface area contributed by atoms with Gasteiger partial charge in [0, 0.05) is 11.7 Å². The molecule has 2 rings (SSSR count). The lowest BCUT2D eigenvalue weighted by Gasteiger charge is -2.29. The molecule has 0 radical (unpaired) electrons. The minimum Gasteiger partial charge on any atom is -0.481 e. The highest BCUT2D eigenvalue weighted by molar-refractivity contribution is 5.76. The molecule has 0 saturated heterocycles. The van der Waals surface area contributed by atoms with Gasteiger partial charge in [0.05, 0.1) is 18.2 Å². The van der Waals surface area contributed by atoms with E-state index in [4.69, 9.17) is 0 Å². The standard InChI is InChI=1S/C15H21N3O3/c1-10-5-4-6-11(17-10)9-16-15(21)18-13-8-3-2-7-12(13)14(19)20/h4-6,12-13H,2-3,7-9H2,1H3,(H,19,20)(H2,16,18,21). The number of nitrogens with zero attached hydrogens (tertiary/aromatic N) is 1. The van der Waals surface area contributed by atoms with E-state index in [9.17, 15) is 14.7 Å². The van der Waals surface area contributed by atoms with Crippen LogP contribution in [-0.2, 0) is 11.3 Å². The maximum absolute atomic E-state index is 11.9. The van der Waals surface area contributed by atoms with E-state index in [1.807, 2.05) is 25.1 Å². The molecule has 1 fully saturated rings. The fourth-order valence-electron chi connectivity index (χ4n) is 2.69. The Bertz CT molecular complexity index is 519. The van der Waals surface area contributed by atoms with Crippen LogP contribution in [0.4, 0.5) is 4.79 Å². The monoisotopic (exact) mass is 291 g/mol. The molecule has 0 aliphatic heterocycles. The SMILES string of the molecule is Cc1cccc(CNC(=O)NC2CCCCC2C(=O)O)n1. The van der Waals surface area contributed by atoms with Crippen molar-refractivity contribution in [1.29, 1.82) is 0 Å². The number of amides is 2. The Hall–Kier alpha value is -2.11. The van der Waals surface area contributed by atoms with Crippen LogP contribution in [0, 0.1) is 12.8 Å². The third kappa shape index (κ3) is 4.44. The fraction of sp³-hybridized carbons (Fsp3) is 0.533. The average molecular weight is 291 g/mol. The Labute approximate surface area is 124 Å². The van der Waals surface area contributed by atoms with Gasteiger partial charge in [0.25, 0.3) is 0 Å². The van der Waals surface area contributed by atoms with Gasteiger partial charge < -0.3 is 15.7 Å². The predicted octanol–water partition coefficient (Wildman–Crippen LogP) is 1.83. The number of aromatic nitrogens is 1.